The summed E-state index contributed by atoms with van der Waals surface area (Å²) in [6.07, 6.45) is 0. The smallest absolute Gasteiger partial charge is 0.119 e. The van der Waals surface area contributed by atoms with Gasteiger partial charge >= 0.3 is 0 Å². The van der Waals surface area contributed by atoms with E-state index in [1.807, 2.05) is 74.5 Å². The molecular formula is C28H29ClO. The Morgan fingerprint density at radius 3 is 1.67 bits per heavy atom. The molecule has 0 unspecified atom stereocenters. The van der Waals surface area contributed by atoms with Gasteiger partial charge in [0.2, 0.25) is 0 Å². The van der Waals surface area contributed by atoms with Crippen LogP contribution in [0, 0.1) is 13.8 Å². The van der Waals surface area contributed by atoms with Gasteiger partial charge in [0.1, 0.15) is 5.75 Å². The van der Waals surface area contributed by atoms with Crippen molar-refractivity contribution in [3.63, 3.8) is 0 Å². The molecule has 4 rings (SSSR count). The monoisotopic (exact) mass is 416 g/mol. The molecule has 0 heterocycles. The van der Waals surface area contributed by atoms with Crippen LogP contribution < -0.4 is 4.74 Å². The minimum absolute atomic E-state index is 0.740. The topological polar surface area (TPSA) is 9.23 Å². The summed E-state index contributed by atoms with van der Waals surface area (Å²) in [5, 5.41) is 0.810. The van der Waals surface area contributed by atoms with Gasteiger partial charge in [-0.3, -0.25) is 0 Å². The first-order valence-corrected chi connectivity index (χ1v) is 10.5. The Balaban J connectivity index is 0.000000167. The van der Waals surface area contributed by atoms with E-state index in [2.05, 4.69) is 55.5 Å². The average molecular weight is 417 g/mol. The SMILES string of the molecule is CCOc1ccccc1.Cc1ccc(-c2ccccc2)cc1.Cc1cccc(Cl)c1. The number of rotatable bonds is 3. The second-order valence-corrected chi connectivity index (χ2v) is 7.21. The highest BCUT2D eigenvalue weighted by atomic mass is 35.5. The lowest BCUT2D eigenvalue weighted by atomic mass is 10.0. The summed E-state index contributed by atoms with van der Waals surface area (Å²) in [7, 11) is 0. The molecule has 0 spiro atoms. The van der Waals surface area contributed by atoms with E-state index in [1.54, 1.807) is 0 Å². The third-order valence-corrected chi connectivity index (χ3v) is 4.43. The highest BCUT2D eigenvalue weighted by Gasteiger charge is 1.93. The molecule has 0 saturated heterocycles. The Bertz CT molecular complexity index is 947. The third-order valence-electron chi connectivity index (χ3n) is 4.19. The van der Waals surface area contributed by atoms with Crippen molar-refractivity contribution in [2.45, 2.75) is 20.8 Å². The number of halogens is 1. The average Bonchev–Trinajstić information content (AvgIpc) is 2.77. The van der Waals surface area contributed by atoms with Crippen LogP contribution in [0.4, 0.5) is 0 Å². The van der Waals surface area contributed by atoms with Gasteiger partial charge in [0.25, 0.3) is 0 Å². The molecule has 4 aromatic rings. The van der Waals surface area contributed by atoms with E-state index < -0.39 is 0 Å². The highest BCUT2D eigenvalue weighted by Crippen LogP contribution is 2.18. The summed E-state index contributed by atoms with van der Waals surface area (Å²) in [5.74, 6) is 0.944. The van der Waals surface area contributed by atoms with E-state index in [1.165, 1.54) is 22.3 Å². The van der Waals surface area contributed by atoms with E-state index >= 15 is 0 Å². The summed E-state index contributed by atoms with van der Waals surface area (Å²) in [6, 6.07) is 36.6. The van der Waals surface area contributed by atoms with E-state index in [0.717, 1.165) is 17.4 Å². The third kappa shape index (κ3) is 8.98. The van der Waals surface area contributed by atoms with Crippen LogP contribution in [0.25, 0.3) is 11.1 Å². The predicted molar refractivity (Wildman–Crippen MR) is 130 cm³/mol. The van der Waals surface area contributed by atoms with Gasteiger partial charge in [-0.1, -0.05) is 102 Å². The number of hydrogen-bond donors (Lipinski definition) is 0. The molecule has 0 atom stereocenters. The van der Waals surface area contributed by atoms with Crippen LogP contribution in [0.5, 0.6) is 5.75 Å². The standard InChI is InChI=1S/C13H12.C8H10O.C7H7Cl/c1-11-7-9-13(10-8-11)12-5-3-2-4-6-12;1-2-9-8-6-4-3-5-7-8;1-6-3-2-4-7(8)5-6/h2-10H,1H3;3-7H,2H2,1H3;2-5H,1H3. The first-order chi connectivity index (χ1) is 14.6. The number of benzene rings is 4. The van der Waals surface area contributed by atoms with Crippen LogP contribution in [0.3, 0.4) is 0 Å². The van der Waals surface area contributed by atoms with E-state index in [0.29, 0.717) is 0 Å². The van der Waals surface area contributed by atoms with Crippen LogP contribution in [0.1, 0.15) is 18.1 Å². The molecule has 0 saturated carbocycles. The molecule has 2 heteroatoms. The van der Waals surface area contributed by atoms with Crippen molar-refractivity contribution in [3.05, 3.63) is 125 Å². The molecule has 0 bridgehead atoms. The lowest BCUT2D eigenvalue weighted by Gasteiger charge is -2.00. The number of para-hydroxylation sites is 1. The Kier molecular flexibility index (Phi) is 10.3. The maximum absolute atomic E-state index is 5.64. The minimum atomic E-state index is 0.740. The van der Waals surface area contributed by atoms with Gasteiger partial charge in [-0.2, -0.15) is 0 Å². The van der Waals surface area contributed by atoms with Crippen LogP contribution in [0.15, 0.2) is 109 Å². The largest absolute Gasteiger partial charge is 0.494 e. The van der Waals surface area contributed by atoms with Gasteiger partial charge in [-0.15, -0.1) is 0 Å². The van der Waals surface area contributed by atoms with Crippen molar-refractivity contribution in [3.8, 4) is 16.9 Å². The van der Waals surface area contributed by atoms with Gasteiger partial charge in [0, 0.05) is 5.02 Å². The van der Waals surface area contributed by atoms with E-state index in [4.69, 9.17) is 16.3 Å². The fraction of sp³-hybridized carbons (Fsp3) is 0.143. The number of hydrogen-bond acceptors (Lipinski definition) is 1. The second-order valence-electron chi connectivity index (χ2n) is 6.78. The second kappa shape index (κ2) is 13.2. The predicted octanol–water partition coefficient (Wildman–Crippen LogP) is 8.40. The zero-order valence-electron chi connectivity index (χ0n) is 17.9. The van der Waals surface area contributed by atoms with Crippen LogP contribution in [-0.2, 0) is 0 Å². The van der Waals surface area contributed by atoms with Crippen LogP contribution in [-0.4, -0.2) is 6.61 Å². The Hall–Kier alpha value is -3.03. The van der Waals surface area contributed by atoms with Crippen molar-refractivity contribution < 1.29 is 4.74 Å². The molecule has 0 aliphatic rings. The Morgan fingerprint density at radius 2 is 1.17 bits per heavy atom. The molecular weight excluding hydrogens is 388 g/mol. The van der Waals surface area contributed by atoms with Gasteiger partial charge in [0.15, 0.2) is 0 Å². The van der Waals surface area contributed by atoms with Gasteiger partial charge in [0.05, 0.1) is 6.61 Å². The summed E-state index contributed by atoms with van der Waals surface area (Å²) >= 11 is 5.64. The number of ether oxygens (including phenoxy) is 1. The molecule has 0 fully saturated rings. The fourth-order valence-corrected chi connectivity index (χ4v) is 2.91. The van der Waals surface area contributed by atoms with E-state index in [-0.39, 0.29) is 0 Å². The molecule has 0 aromatic heterocycles. The van der Waals surface area contributed by atoms with Crippen molar-refractivity contribution in [2.24, 2.45) is 0 Å². The Labute approximate surface area is 185 Å². The minimum Gasteiger partial charge on any atom is -0.494 e. The first-order valence-electron chi connectivity index (χ1n) is 10.1. The maximum Gasteiger partial charge on any atom is 0.119 e. The molecule has 0 aliphatic carbocycles. The van der Waals surface area contributed by atoms with E-state index in [9.17, 15) is 0 Å². The molecule has 0 aliphatic heterocycles. The zero-order chi connectivity index (χ0) is 21.6. The Morgan fingerprint density at radius 1 is 0.600 bits per heavy atom. The molecule has 0 amide bonds. The molecule has 0 N–H and O–H groups in total. The summed E-state index contributed by atoms with van der Waals surface area (Å²) in [4.78, 5) is 0. The lowest BCUT2D eigenvalue weighted by molar-refractivity contribution is 0.340. The van der Waals surface area contributed by atoms with Crippen LogP contribution >= 0.6 is 11.6 Å². The highest BCUT2D eigenvalue weighted by molar-refractivity contribution is 6.30. The van der Waals surface area contributed by atoms with Crippen molar-refractivity contribution in [1.29, 1.82) is 0 Å². The van der Waals surface area contributed by atoms with Crippen molar-refractivity contribution in [2.75, 3.05) is 6.61 Å². The summed E-state index contributed by atoms with van der Waals surface area (Å²) in [5.41, 5.74) is 5.07. The van der Waals surface area contributed by atoms with Gasteiger partial charge in [-0.25, -0.2) is 0 Å². The quantitative estimate of drug-likeness (QED) is 0.325. The molecule has 30 heavy (non-hydrogen) atoms. The van der Waals surface area contributed by atoms with Crippen molar-refractivity contribution in [1.82, 2.24) is 0 Å². The lowest BCUT2D eigenvalue weighted by Crippen LogP contribution is -1.89. The fourth-order valence-electron chi connectivity index (χ4n) is 2.67. The van der Waals surface area contributed by atoms with Crippen LogP contribution in [0.2, 0.25) is 5.02 Å². The van der Waals surface area contributed by atoms with Gasteiger partial charge < -0.3 is 4.74 Å². The molecule has 0 radical (unpaired) electrons. The zero-order valence-corrected chi connectivity index (χ0v) is 18.6. The molecule has 1 nitrogen and oxygen atoms in total. The van der Waals surface area contributed by atoms with Gasteiger partial charge in [-0.05, 0) is 61.7 Å². The normalized spacial score (nSPS) is 9.47. The molecule has 4 aromatic carbocycles. The maximum atomic E-state index is 5.64. The first kappa shape index (κ1) is 23.3. The number of aryl methyl sites for hydroxylation is 2. The summed E-state index contributed by atoms with van der Waals surface area (Å²) < 4.78 is 5.21. The van der Waals surface area contributed by atoms with Crippen molar-refractivity contribution >= 4 is 11.6 Å². The summed E-state index contributed by atoms with van der Waals surface area (Å²) in [6.45, 7) is 6.84. The molecule has 154 valence electrons.